The van der Waals surface area contributed by atoms with E-state index in [0.29, 0.717) is 10.6 Å². The van der Waals surface area contributed by atoms with Gasteiger partial charge < -0.3 is 10.1 Å². The molecule has 120 valence electrons. The topological polar surface area (TPSA) is 55.4 Å². The predicted molar refractivity (Wildman–Crippen MR) is 86.6 cm³/mol. The molecule has 0 aromatic heterocycles. The minimum absolute atomic E-state index is 0.0714. The predicted octanol–water partition coefficient (Wildman–Crippen LogP) is 4.09. The van der Waals surface area contributed by atoms with E-state index in [-0.39, 0.29) is 30.2 Å². The summed E-state index contributed by atoms with van der Waals surface area (Å²) in [5.74, 6) is -0.934. The Balaban J connectivity index is 2.05. The number of ether oxygens (including phenoxy) is 1. The van der Waals surface area contributed by atoms with E-state index in [1.807, 2.05) is 0 Å². The van der Waals surface area contributed by atoms with Gasteiger partial charge in [-0.2, -0.15) is 0 Å². The zero-order valence-corrected chi connectivity index (χ0v) is 13.2. The number of nitrogens with one attached hydrogen (secondary N) is 1. The Bertz CT molecular complexity index is 734. The molecule has 0 atom stereocenters. The molecule has 2 aromatic carbocycles. The lowest BCUT2D eigenvalue weighted by Gasteiger charge is -2.11. The summed E-state index contributed by atoms with van der Waals surface area (Å²) in [5, 5.41) is 2.81. The second kappa shape index (κ2) is 7.74. The van der Waals surface area contributed by atoms with E-state index in [0.717, 1.165) is 0 Å². The van der Waals surface area contributed by atoms with Gasteiger partial charge in [0.1, 0.15) is 11.6 Å². The molecule has 1 N–H and O–H groups in total. The van der Waals surface area contributed by atoms with Crippen molar-refractivity contribution in [3.05, 3.63) is 58.9 Å². The number of amides is 1. The standard InChI is InChI=1S/C17H15ClFNO3/c1-2-15(21)12-9-11(18)7-8-16(12)23-10-17(22)20-14-6-4-3-5-13(14)19/h3-9H,2,10H2,1H3,(H,20,22). The molecule has 0 saturated carbocycles. The SMILES string of the molecule is CCC(=O)c1cc(Cl)ccc1OCC(=O)Nc1ccccc1F. The third kappa shape index (κ3) is 4.53. The van der Waals surface area contributed by atoms with Gasteiger partial charge in [-0.05, 0) is 30.3 Å². The van der Waals surface area contributed by atoms with Crippen LogP contribution in [0, 0.1) is 5.82 Å². The lowest BCUT2D eigenvalue weighted by Crippen LogP contribution is -2.21. The Hall–Kier alpha value is -2.40. The molecule has 0 aliphatic heterocycles. The average molecular weight is 336 g/mol. The molecule has 4 nitrogen and oxygen atoms in total. The number of halogens is 2. The van der Waals surface area contributed by atoms with Crippen LogP contribution in [0.2, 0.25) is 5.02 Å². The first kappa shape index (κ1) is 17.0. The van der Waals surface area contributed by atoms with Gasteiger partial charge >= 0.3 is 0 Å². The normalized spacial score (nSPS) is 10.2. The van der Waals surface area contributed by atoms with Gasteiger partial charge in [-0.1, -0.05) is 30.7 Å². The number of benzene rings is 2. The Morgan fingerprint density at radius 1 is 1.22 bits per heavy atom. The second-order valence-corrected chi connectivity index (χ2v) is 5.17. The Labute approximate surface area is 138 Å². The number of hydrogen-bond acceptors (Lipinski definition) is 3. The number of hydrogen-bond donors (Lipinski definition) is 1. The van der Waals surface area contributed by atoms with Gasteiger partial charge in [0.05, 0.1) is 11.3 Å². The van der Waals surface area contributed by atoms with Crippen molar-refractivity contribution >= 4 is 29.0 Å². The van der Waals surface area contributed by atoms with Gasteiger partial charge in [-0.15, -0.1) is 0 Å². The second-order valence-electron chi connectivity index (χ2n) is 4.73. The molecular weight excluding hydrogens is 321 g/mol. The van der Waals surface area contributed by atoms with Gasteiger partial charge in [0.15, 0.2) is 12.4 Å². The highest BCUT2D eigenvalue weighted by atomic mass is 35.5. The summed E-state index contributed by atoms with van der Waals surface area (Å²) < 4.78 is 18.8. The number of para-hydroxylation sites is 1. The number of anilines is 1. The van der Waals surface area contributed by atoms with Gasteiger partial charge in [0, 0.05) is 11.4 Å². The van der Waals surface area contributed by atoms with Crippen LogP contribution < -0.4 is 10.1 Å². The van der Waals surface area contributed by atoms with E-state index in [2.05, 4.69) is 5.32 Å². The maximum atomic E-state index is 13.5. The van der Waals surface area contributed by atoms with Crippen LogP contribution in [0.25, 0.3) is 0 Å². The molecule has 0 bridgehead atoms. The Kier molecular flexibility index (Phi) is 5.71. The van der Waals surface area contributed by atoms with E-state index >= 15 is 0 Å². The molecule has 23 heavy (non-hydrogen) atoms. The van der Waals surface area contributed by atoms with Crippen molar-refractivity contribution in [2.24, 2.45) is 0 Å². The largest absolute Gasteiger partial charge is 0.483 e. The molecule has 1 amide bonds. The molecule has 0 spiro atoms. The molecule has 0 unspecified atom stereocenters. The number of carbonyl (C=O) groups is 2. The van der Waals surface area contributed by atoms with Crippen LogP contribution in [0.4, 0.5) is 10.1 Å². The fourth-order valence-corrected chi connectivity index (χ4v) is 2.10. The molecule has 0 aliphatic rings. The number of carbonyl (C=O) groups excluding carboxylic acids is 2. The lowest BCUT2D eigenvalue weighted by molar-refractivity contribution is -0.118. The van der Waals surface area contributed by atoms with Crippen molar-refractivity contribution in [3.8, 4) is 5.75 Å². The number of rotatable bonds is 6. The zero-order chi connectivity index (χ0) is 16.8. The van der Waals surface area contributed by atoms with E-state index in [4.69, 9.17) is 16.3 Å². The average Bonchev–Trinajstić information content (AvgIpc) is 2.55. The third-order valence-electron chi connectivity index (χ3n) is 3.07. The number of ketones is 1. The summed E-state index contributed by atoms with van der Waals surface area (Å²) in [4.78, 5) is 23.7. The van der Waals surface area contributed by atoms with Crippen LogP contribution >= 0.6 is 11.6 Å². The molecule has 0 heterocycles. The first-order valence-electron chi connectivity index (χ1n) is 7.01. The van der Waals surface area contributed by atoms with Crippen molar-refractivity contribution in [2.45, 2.75) is 13.3 Å². The van der Waals surface area contributed by atoms with Crippen LogP contribution in [0.1, 0.15) is 23.7 Å². The molecule has 0 fully saturated rings. The fourth-order valence-electron chi connectivity index (χ4n) is 1.93. The molecule has 0 radical (unpaired) electrons. The lowest BCUT2D eigenvalue weighted by atomic mass is 10.1. The maximum Gasteiger partial charge on any atom is 0.262 e. The van der Waals surface area contributed by atoms with E-state index < -0.39 is 11.7 Å². The molecule has 2 rings (SSSR count). The van der Waals surface area contributed by atoms with E-state index in [1.165, 1.54) is 30.3 Å². The summed E-state index contributed by atoms with van der Waals surface area (Å²) >= 11 is 5.88. The summed E-state index contributed by atoms with van der Waals surface area (Å²) in [6.45, 7) is 1.37. The smallest absolute Gasteiger partial charge is 0.262 e. The fraction of sp³-hybridized carbons (Fsp3) is 0.176. The van der Waals surface area contributed by atoms with Crippen molar-refractivity contribution in [1.82, 2.24) is 0 Å². The van der Waals surface area contributed by atoms with Gasteiger partial charge in [0.25, 0.3) is 5.91 Å². The minimum Gasteiger partial charge on any atom is -0.483 e. The molecule has 2 aromatic rings. The summed E-state index contributed by atoms with van der Waals surface area (Å²) in [6.07, 6.45) is 0.290. The summed E-state index contributed by atoms with van der Waals surface area (Å²) in [6, 6.07) is 10.4. The maximum absolute atomic E-state index is 13.5. The highest BCUT2D eigenvalue weighted by molar-refractivity contribution is 6.31. The van der Waals surface area contributed by atoms with Gasteiger partial charge in [-0.3, -0.25) is 9.59 Å². The van der Waals surface area contributed by atoms with Crippen LogP contribution in [-0.4, -0.2) is 18.3 Å². The highest BCUT2D eigenvalue weighted by Crippen LogP contribution is 2.24. The molecule has 0 saturated heterocycles. The van der Waals surface area contributed by atoms with Crippen LogP contribution in [0.5, 0.6) is 5.75 Å². The Morgan fingerprint density at radius 2 is 1.96 bits per heavy atom. The van der Waals surface area contributed by atoms with Crippen molar-refractivity contribution < 1.29 is 18.7 Å². The Morgan fingerprint density at radius 3 is 2.65 bits per heavy atom. The van der Waals surface area contributed by atoms with E-state index in [9.17, 15) is 14.0 Å². The first-order valence-corrected chi connectivity index (χ1v) is 7.39. The summed E-state index contributed by atoms with van der Waals surface area (Å²) in [5.41, 5.74) is 0.390. The molecule has 6 heteroatoms. The van der Waals surface area contributed by atoms with Crippen LogP contribution in [0.3, 0.4) is 0 Å². The van der Waals surface area contributed by atoms with Crippen LogP contribution in [0.15, 0.2) is 42.5 Å². The van der Waals surface area contributed by atoms with E-state index in [1.54, 1.807) is 19.1 Å². The zero-order valence-electron chi connectivity index (χ0n) is 12.4. The van der Waals surface area contributed by atoms with Gasteiger partial charge in [0.2, 0.25) is 0 Å². The number of Topliss-reactive ketones (excluding diaryl/α,β-unsaturated/α-hetero) is 1. The minimum atomic E-state index is -0.533. The first-order chi connectivity index (χ1) is 11.0. The third-order valence-corrected chi connectivity index (χ3v) is 3.30. The molecular formula is C17H15ClFNO3. The molecule has 0 aliphatic carbocycles. The highest BCUT2D eigenvalue weighted by Gasteiger charge is 2.13. The van der Waals surface area contributed by atoms with Crippen molar-refractivity contribution in [2.75, 3.05) is 11.9 Å². The van der Waals surface area contributed by atoms with Crippen LogP contribution in [-0.2, 0) is 4.79 Å². The van der Waals surface area contributed by atoms with Crippen molar-refractivity contribution in [3.63, 3.8) is 0 Å². The van der Waals surface area contributed by atoms with Crippen molar-refractivity contribution in [1.29, 1.82) is 0 Å². The summed E-state index contributed by atoms with van der Waals surface area (Å²) in [7, 11) is 0. The monoisotopic (exact) mass is 335 g/mol. The van der Waals surface area contributed by atoms with Gasteiger partial charge in [-0.25, -0.2) is 4.39 Å². The quantitative estimate of drug-likeness (QED) is 0.809.